The van der Waals surface area contributed by atoms with Crippen LogP contribution in [0.1, 0.15) is 11.1 Å². The van der Waals surface area contributed by atoms with Gasteiger partial charge in [-0.15, -0.1) is 0 Å². The van der Waals surface area contributed by atoms with Gasteiger partial charge in [0.1, 0.15) is 0 Å². The molecule has 0 spiro atoms. The lowest BCUT2D eigenvalue weighted by Crippen LogP contribution is -2.22. The van der Waals surface area contributed by atoms with Crippen LogP contribution < -0.4 is 0 Å². The number of halogens is 1. The summed E-state index contributed by atoms with van der Waals surface area (Å²) in [6.45, 7) is 0. The molecule has 0 aliphatic heterocycles. The van der Waals surface area contributed by atoms with E-state index in [0.717, 1.165) is 21.5 Å². The molecule has 0 saturated carbocycles. The Morgan fingerprint density at radius 1 is 1.00 bits per heavy atom. The lowest BCUT2D eigenvalue weighted by molar-refractivity contribution is 0.520. The van der Waals surface area contributed by atoms with E-state index in [0.29, 0.717) is 4.90 Å². The van der Waals surface area contributed by atoms with Gasteiger partial charge in [-0.05, 0) is 35.4 Å². The van der Waals surface area contributed by atoms with E-state index in [2.05, 4.69) is 28.1 Å². The van der Waals surface area contributed by atoms with Crippen LogP contribution in [0, 0.1) is 0 Å². The number of nitrogens with zero attached hydrogens (tertiary/aromatic N) is 1. The number of rotatable bonds is 6. The first-order chi connectivity index (χ1) is 10.4. The van der Waals surface area contributed by atoms with Crippen LogP contribution in [0.15, 0.2) is 57.9 Å². The second kappa shape index (κ2) is 7.64. The van der Waals surface area contributed by atoms with E-state index in [1.54, 1.807) is 44.1 Å². The summed E-state index contributed by atoms with van der Waals surface area (Å²) in [5.41, 5.74) is 2.26. The normalized spacial score (nSPS) is 11.8. The third kappa shape index (κ3) is 4.59. The van der Waals surface area contributed by atoms with Crippen molar-refractivity contribution in [2.45, 2.75) is 16.4 Å². The lowest BCUT2D eigenvalue weighted by Gasteiger charge is -2.12. The van der Waals surface area contributed by atoms with Gasteiger partial charge in [0.15, 0.2) is 0 Å². The van der Waals surface area contributed by atoms with Gasteiger partial charge in [0, 0.05) is 30.1 Å². The molecule has 0 fully saturated rings. The molecule has 2 aromatic carbocycles. The van der Waals surface area contributed by atoms with Gasteiger partial charge in [0.2, 0.25) is 10.0 Å². The van der Waals surface area contributed by atoms with Crippen LogP contribution in [0.3, 0.4) is 0 Å². The summed E-state index contributed by atoms with van der Waals surface area (Å²) in [4.78, 5) is 0.345. The smallest absolute Gasteiger partial charge is 0.207 e. The van der Waals surface area contributed by atoms with Crippen LogP contribution in [0.4, 0.5) is 0 Å². The second-order valence-corrected chi connectivity index (χ2v) is 9.11. The molecule has 0 bridgehead atoms. The molecule has 6 heteroatoms. The molecule has 0 atom stereocenters. The number of thioether (sulfide) groups is 1. The molecule has 0 N–H and O–H groups in total. The van der Waals surface area contributed by atoms with Crippen molar-refractivity contribution in [3.8, 4) is 0 Å². The summed E-state index contributed by atoms with van der Waals surface area (Å²) in [6, 6.07) is 15.4. The van der Waals surface area contributed by atoms with Crippen LogP contribution in [-0.2, 0) is 21.5 Å². The lowest BCUT2D eigenvalue weighted by atomic mass is 10.2. The third-order valence-corrected chi connectivity index (χ3v) is 6.48. The molecule has 0 aliphatic carbocycles. The SMILES string of the molecule is CN(C)S(=O)(=O)c1cccc(CSCc2cccc(Br)c2)c1. The van der Waals surface area contributed by atoms with E-state index < -0.39 is 10.0 Å². The minimum absolute atomic E-state index is 0.345. The molecule has 2 rings (SSSR count). The minimum Gasteiger partial charge on any atom is -0.207 e. The summed E-state index contributed by atoms with van der Waals surface area (Å²) < 4.78 is 26.6. The molecular weight excluding hydrogens is 382 g/mol. The highest BCUT2D eigenvalue weighted by molar-refractivity contribution is 9.10. The van der Waals surface area contributed by atoms with Crippen LogP contribution in [0.5, 0.6) is 0 Å². The Hall–Kier alpha value is -0.820. The Balaban J connectivity index is 2.02. The fraction of sp³-hybridized carbons (Fsp3) is 0.250. The maximum Gasteiger partial charge on any atom is 0.242 e. The molecule has 0 saturated heterocycles. The zero-order valence-corrected chi connectivity index (χ0v) is 15.7. The number of hydrogen-bond acceptors (Lipinski definition) is 3. The second-order valence-electron chi connectivity index (χ2n) is 5.06. The summed E-state index contributed by atoms with van der Waals surface area (Å²) in [5, 5.41) is 0. The fourth-order valence-electron chi connectivity index (χ4n) is 1.92. The first-order valence-electron chi connectivity index (χ1n) is 6.73. The number of benzene rings is 2. The van der Waals surface area contributed by atoms with E-state index in [4.69, 9.17) is 0 Å². The number of sulfonamides is 1. The van der Waals surface area contributed by atoms with Gasteiger partial charge in [-0.1, -0.05) is 40.2 Å². The molecule has 0 aliphatic rings. The predicted octanol–water partition coefficient (Wildman–Crippen LogP) is 4.13. The quantitative estimate of drug-likeness (QED) is 0.732. The van der Waals surface area contributed by atoms with Crippen molar-refractivity contribution in [3.63, 3.8) is 0 Å². The summed E-state index contributed by atoms with van der Waals surface area (Å²) in [7, 11) is -0.273. The first kappa shape index (κ1) is 17.5. The highest BCUT2D eigenvalue weighted by atomic mass is 79.9. The highest BCUT2D eigenvalue weighted by Gasteiger charge is 2.16. The van der Waals surface area contributed by atoms with E-state index in [1.807, 2.05) is 18.2 Å². The predicted molar refractivity (Wildman–Crippen MR) is 96.5 cm³/mol. The van der Waals surface area contributed by atoms with Crippen molar-refractivity contribution < 1.29 is 8.42 Å². The van der Waals surface area contributed by atoms with Crippen molar-refractivity contribution in [3.05, 3.63) is 64.1 Å². The first-order valence-corrected chi connectivity index (χ1v) is 10.1. The Morgan fingerprint density at radius 2 is 1.59 bits per heavy atom. The van der Waals surface area contributed by atoms with Crippen molar-refractivity contribution in [1.82, 2.24) is 4.31 Å². The molecule has 0 unspecified atom stereocenters. The maximum atomic E-state index is 12.1. The van der Waals surface area contributed by atoms with Crippen LogP contribution in [0.2, 0.25) is 0 Å². The van der Waals surface area contributed by atoms with E-state index in [9.17, 15) is 8.42 Å². The van der Waals surface area contributed by atoms with Crippen molar-refractivity contribution in [1.29, 1.82) is 0 Å². The molecule has 0 amide bonds. The Labute approximate surface area is 144 Å². The van der Waals surface area contributed by atoms with Gasteiger partial charge in [0.25, 0.3) is 0 Å². The summed E-state index contributed by atoms with van der Waals surface area (Å²) in [6.07, 6.45) is 0. The van der Waals surface area contributed by atoms with Crippen molar-refractivity contribution in [2.75, 3.05) is 14.1 Å². The molecule has 0 radical (unpaired) electrons. The summed E-state index contributed by atoms with van der Waals surface area (Å²) in [5.74, 6) is 1.67. The van der Waals surface area contributed by atoms with Crippen LogP contribution >= 0.6 is 27.7 Å². The van der Waals surface area contributed by atoms with Crippen LogP contribution in [-0.4, -0.2) is 26.8 Å². The molecule has 118 valence electrons. The average molecular weight is 400 g/mol. The summed E-state index contributed by atoms with van der Waals surface area (Å²) >= 11 is 5.23. The number of hydrogen-bond donors (Lipinski definition) is 0. The molecule has 0 heterocycles. The van der Waals surface area contributed by atoms with E-state index in [1.165, 1.54) is 9.87 Å². The zero-order chi connectivity index (χ0) is 16.2. The molecule has 2 aromatic rings. The Bertz CT molecular complexity index is 745. The van der Waals surface area contributed by atoms with Crippen LogP contribution in [0.25, 0.3) is 0 Å². The fourth-order valence-corrected chi connectivity index (χ4v) is 4.27. The standard InChI is InChI=1S/C16H18BrNO2S2/c1-18(2)22(19,20)16-8-4-6-14(10-16)12-21-11-13-5-3-7-15(17)9-13/h3-10H,11-12H2,1-2H3. The van der Waals surface area contributed by atoms with E-state index >= 15 is 0 Å². The van der Waals surface area contributed by atoms with E-state index in [-0.39, 0.29) is 0 Å². The van der Waals surface area contributed by atoms with Gasteiger partial charge in [-0.2, -0.15) is 11.8 Å². The minimum atomic E-state index is -3.36. The van der Waals surface area contributed by atoms with Gasteiger partial charge >= 0.3 is 0 Å². The molecule has 3 nitrogen and oxygen atoms in total. The van der Waals surface area contributed by atoms with Gasteiger partial charge in [-0.25, -0.2) is 12.7 Å². The van der Waals surface area contributed by atoms with Gasteiger partial charge < -0.3 is 0 Å². The van der Waals surface area contributed by atoms with Gasteiger partial charge in [0.05, 0.1) is 4.90 Å². The molecule has 0 aromatic heterocycles. The molecular formula is C16H18BrNO2S2. The Kier molecular flexibility index (Phi) is 6.09. The largest absolute Gasteiger partial charge is 0.242 e. The Morgan fingerprint density at radius 3 is 2.18 bits per heavy atom. The topological polar surface area (TPSA) is 37.4 Å². The molecule has 22 heavy (non-hydrogen) atoms. The highest BCUT2D eigenvalue weighted by Crippen LogP contribution is 2.22. The van der Waals surface area contributed by atoms with Gasteiger partial charge in [-0.3, -0.25) is 0 Å². The average Bonchev–Trinajstić information content (AvgIpc) is 2.47. The van der Waals surface area contributed by atoms with Crippen molar-refractivity contribution >= 4 is 37.7 Å². The third-order valence-electron chi connectivity index (χ3n) is 3.10. The maximum absolute atomic E-state index is 12.1. The monoisotopic (exact) mass is 399 g/mol. The zero-order valence-electron chi connectivity index (χ0n) is 12.5. The van der Waals surface area contributed by atoms with Crippen molar-refractivity contribution in [2.24, 2.45) is 0 Å².